The Bertz CT molecular complexity index is 770. The van der Waals surface area contributed by atoms with Crippen molar-refractivity contribution in [2.45, 2.75) is 32.7 Å². The van der Waals surface area contributed by atoms with Gasteiger partial charge in [0.1, 0.15) is 5.00 Å². The average molecular weight is 358 g/mol. The molecule has 5 nitrogen and oxygen atoms in total. The number of carboxylic acids is 1. The standard InChI is InChI=1S/C19H22N2O3S/c1-2-21-11-10-14-15(12-21)25-18(17(14)19(23)24)20-16(22)9-8-13-6-4-3-5-7-13/h3-7H,2,8-12H2,1H3,(H,20,22)(H,23,24). The van der Waals surface area contributed by atoms with Crippen molar-refractivity contribution in [1.29, 1.82) is 0 Å². The molecule has 0 aliphatic carbocycles. The lowest BCUT2D eigenvalue weighted by Gasteiger charge is -2.25. The first-order valence-electron chi connectivity index (χ1n) is 8.52. The van der Waals surface area contributed by atoms with E-state index < -0.39 is 5.97 Å². The predicted octanol–water partition coefficient (Wildman–Crippen LogP) is 3.40. The van der Waals surface area contributed by atoms with Crippen molar-refractivity contribution in [2.75, 3.05) is 18.4 Å². The number of nitrogens with zero attached hydrogens (tertiary/aromatic N) is 1. The van der Waals surface area contributed by atoms with Crippen LogP contribution in [-0.4, -0.2) is 35.0 Å². The van der Waals surface area contributed by atoms with Crippen LogP contribution in [0.1, 0.15) is 39.7 Å². The maximum absolute atomic E-state index is 12.3. The summed E-state index contributed by atoms with van der Waals surface area (Å²) in [5.74, 6) is -1.10. The van der Waals surface area contributed by atoms with E-state index in [1.807, 2.05) is 30.3 Å². The quantitative estimate of drug-likeness (QED) is 0.830. The summed E-state index contributed by atoms with van der Waals surface area (Å²) >= 11 is 1.40. The van der Waals surface area contributed by atoms with Crippen LogP contribution in [0.4, 0.5) is 5.00 Å². The van der Waals surface area contributed by atoms with E-state index in [4.69, 9.17) is 0 Å². The molecule has 0 saturated carbocycles. The van der Waals surface area contributed by atoms with Gasteiger partial charge in [-0.05, 0) is 30.5 Å². The molecular formula is C19H22N2O3S. The van der Waals surface area contributed by atoms with Gasteiger partial charge in [-0.15, -0.1) is 11.3 Å². The van der Waals surface area contributed by atoms with E-state index in [0.29, 0.717) is 17.8 Å². The minimum atomic E-state index is -0.958. The van der Waals surface area contributed by atoms with Gasteiger partial charge in [-0.1, -0.05) is 37.3 Å². The molecule has 3 rings (SSSR count). The number of aryl methyl sites for hydroxylation is 1. The first-order valence-corrected chi connectivity index (χ1v) is 9.34. The lowest BCUT2D eigenvalue weighted by Crippen LogP contribution is -2.29. The molecule has 132 valence electrons. The van der Waals surface area contributed by atoms with Gasteiger partial charge >= 0.3 is 5.97 Å². The number of benzene rings is 1. The molecule has 0 radical (unpaired) electrons. The van der Waals surface area contributed by atoms with Gasteiger partial charge in [0.15, 0.2) is 0 Å². The van der Waals surface area contributed by atoms with Gasteiger partial charge in [-0.2, -0.15) is 0 Å². The maximum atomic E-state index is 12.3. The van der Waals surface area contributed by atoms with Crippen LogP contribution in [0.15, 0.2) is 30.3 Å². The van der Waals surface area contributed by atoms with Crippen LogP contribution in [0.2, 0.25) is 0 Å². The van der Waals surface area contributed by atoms with Crippen LogP contribution in [0, 0.1) is 0 Å². The monoisotopic (exact) mass is 358 g/mol. The van der Waals surface area contributed by atoms with Crippen molar-refractivity contribution in [3.63, 3.8) is 0 Å². The summed E-state index contributed by atoms with van der Waals surface area (Å²) in [6, 6.07) is 9.81. The van der Waals surface area contributed by atoms with Gasteiger partial charge in [0, 0.05) is 24.4 Å². The van der Waals surface area contributed by atoms with Crippen molar-refractivity contribution in [3.05, 3.63) is 51.9 Å². The number of aromatic carboxylic acids is 1. The lowest BCUT2D eigenvalue weighted by molar-refractivity contribution is -0.116. The summed E-state index contributed by atoms with van der Waals surface area (Å²) in [5.41, 5.74) is 2.27. The maximum Gasteiger partial charge on any atom is 0.339 e. The number of carbonyl (C=O) groups is 2. The molecule has 2 aromatic rings. The fourth-order valence-corrected chi connectivity index (χ4v) is 4.43. The Morgan fingerprint density at radius 1 is 1.28 bits per heavy atom. The Labute approximate surface area is 151 Å². The molecule has 0 spiro atoms. The molecule has 0 atom stereocenters. The van der Waals surface area contributed by atoms with Crippen molar-refractivity contribution < 1.29 is 14.7 Å². The van der Waals surface area contributed by atoms with E-state index in [1.54, 1.807) is 0 Å². The Morgan fingerprint density at radius 3 is 2.72 bits per heavy atom. The number of carboxylic acid groups (broad SMARTS) is 1. The zero-order valence-electron chi connectivity index (χ0n) is 14.2. The molecular weight excluding hydrogens is 336 g/mol. The highest BCUT2D eigenvalue weighted by molar-refractivity contribution is 7.17. The Balaban J connectivity index is 1.72. The topological polar surface area (TPSA) is 69.6 Å². The van der Waals surface area contributed by atoms with E-state index in [-0.39, 0.29) is 11.5 Å². The molecule has 0 bridgehead atoms. The second-order valence-electron chi connectivity index (χ2n) is 6.17. The van der Waals surface area contributed by atoms with Crippen LogP contribution in [0.3, 0.4) is 0 Å². The molecule has 1 aromatic carbocycles. The molecule has 1 aliphatic heterocycles. The SMILES string of the molecule is CCN1CCc2c(sc(NC(=O)CCc3ccccc3)c2C(=O)O)C1. The summed E-state index contributed by atoms with van der Waals surface area (Å²) < 4.78 is 0. The second kappa shape index (κ2) is 7.80. The van der Waals surface area contributed by atoms with Gasteiger partial charge in [0.05, 0.1) is 5.56 Å². The van der Waals surface area contributed by atoms with Crippen molar-refractivity contribution in [2.24, 2.45) is 0 Å². The van der Waals surface area contributed by atoms with Gasteiger partial charge in [0.25, 0.3) is 0 Å². The number of hydrogen-bond donors (Lipinski definition) is 2. The van der Waals surface area contributed by atoms with Crippen LogP contribution in [-0.2, 0) is 24.2 Å². The number of carbonyl (C=O) groups excluding carboxylic acids is 1. The van der Waals surface area contributed by atoms with Gasteiger partial charge in [0.2, 0.25) is 5.91 Å². The van der Waals surface area contributed by atoms with E-state index >= 15 is 0 Å². The molecule has 0 unspecified atom stereocenters. The molecule has 1 aromatic heterocycles. The average Bonchev–Trinajstić information content (AvgIpc) is 2.97. The third-order valence-corrected chi connectivity index (χ3v) is 5.67. The summed E-state index contributed by atoms with van der Waals surface area (Å²) in [7, 11) is 0. The number of fused-ring (bicyclic) bond motifs is 1. The third-order valence-electron chi connectivity index (χ3n) is 4.53. The highest BCUT2D eigenvalue weighted by atomic mass is 32.1. The van der Waals surface area contributed by atoms with Crippen LogP contribution < -0.4 is 5.32 Å². The zero-order valence-corrected chi connectivity index (χ0v) is 15.1. The number of likely N-dealkylation sites (N-methyl/N-ethyl adjacent to an activating group) is 1. The van der Waals surface area contributed by atoms with E-state index in [2.05, 4.69) is 17.1 Å². The number of amides is 1. The first-order chi connectivity index (χ1) is 12.1. The van der Waals surface area contributed by atoms with Gasteiger partial charge in [-0.3, -0.25) is 9.69 Å². The van der Waals surface area contributed by atoms with Crippen molar-refractivity contribution in [3.8, 4) is 0 Å². The van der Waals surface area contributed by atoms with Crippen LogP contribution in [0.5, 0.6) is 0 Å². The molecule has 2 N–H and O–H groups in total. The van der Waals surface area contributed by atoms with Gasteiger partial charge in [-0.25, -0.2) is 4.79 Å². The van der Waals surface area contributed by atoms with Crippen molar-refractivity contribution in [1.82, 2.24) is 4.90 Å². The molecule has 0 saturated heterocycles. The van der Waals surface area contributed by atoms with Gasteiger partial charge < -0.3 is 10.4 Å². The largest absolute Gasteiger partial charge is 0.478 e. The molecule has 6 heteroatoms. The highest BCUT2D eigenvalue weighted by Gasteiger charge is 2.28. The lowest BCUT2D eigenvalue weighted by atomic mass is 10.0. The number of thiophene rings is 1. The van der Waals surface area contributed by atoms with Crippen molar-refractivity contribution >= 4 is 28.2 Å². The molecule has 25 heavy (non-hydrogen) atoms. The van der Waals surface area contributed by atoms with E-state index in [9.17, 15) is 14.7 Å². The van der Waals surface area contributed by atoms with Crippen LogP contribution >= 0.6 is 11.3 Å². The molecule has 1 aliphatic rings. The Kier molecular flexibility index (Phi) is 5.50. The van der Waals surface area contributed by atoms with E-state index in [0.717, 1.165) is 42.1 Å². The Morgan fingerprint density at radius 2 is 2.04 bits per heavy atom. The number of rotatable bonds is 6. The molecule has 1 amide bonds. The van der Waals surface area contributed by atoms with E-state index in [1.165, 1.54) is 11.3 Å². The zero-order chi connectivity index (χ0) is 17.8. The molecule has 0 fully saturated rings. The summed E-state index contributed by atoms with van der Waals surface area (Å²) in [4.78, 5) is 27.3. The number of anilines is 1. The summed E-state index contributed by atoms with van der Waals surface area (Å²) in [5, 5.41) is 12.9. The fourth-order valence-electron chi connectivity index (χ4n) is 3.13. The summed E-state index contributed by atoms with van der Waals surface area (Å²) in [6.45, 7) is 4.67. The smallest absolute Gasteiger partial charge is 0.339 e. The Hall–Kier alpha value is -2.18. The first kappa shape index (κ1) is 17.6. The number of nitrogens with one attached hydrogen (secondary N) is 1. The normalized spacial score (nSPS) is 14.1. The third kappa shape index (κ3) is 4.08. The highest BCUT2D eigenvalue weighted by Crippen LogP contribution is 2.37. The second-order valence-corrected chi connectivity index (χ2v) is 7.27. The summed E-state index contributed by atoms with van der Waals surface area (Å²) in [6.07, 6.45) is 1.71. The fraction of sp³-hybridized carbons (Fsp3) is 0.368. The minimum Gasteiger partial charge on any atom is -0.478 e. The molecule has 2 heterocycles. The van der Waals surface area contributed by atoms with Crippen LogP contribution in [0.25, 0.3) is 0 Å². The predicted molar refractivity (Wildman–Crippen MR) is 99.3 cm³/mol. The minimum absolute atomic E-state index is 0.141. The number of hydrogen-bond acceptors (Lipinski definition) is 4.